The summed E-state index contributed by atoms with van der Waals surface area (Å²) in [5, 5.41) is 11.4. The summed E-state index contributed by atoms with van der Waals surface area (Å²) >= 11 is 0. The molecule has 1 aromatic heterocycles. The number of rotatable bonds is 4. The fourth-order valence-electron chi connectivity index (χ4n) is 3.36. The Morgan fingerprint density at radius 1 is 1.31 bits per heavy atom. The van der Waals surface area contributed by atoms with E-state index in [-0.39, 0.29) is 31.0 Å². The number of fused-ring (bicyclic) bond motifs is 1. The first-order valence-electron chi connectivity index (χ1n) is 8.79. The van der Waals surface area contributed by atoms with Crippen molar-refractivity contribution in [2.24, 2.45) is 0 Å². The summed E-state index contributed by atoms with van der Waals surface area (Å²) in [6.45, 7) is 3.79. The number of carbonyl (C=O) groups is 2. The van der Waals surface area contributed by atoms with Crippen molar-refractivity contribution in [3.63, 3.8) is 0 Å². The topological polar surface area (TPSA) is 82.5 Å². The molecule has 0 saturated heterocycles. The van der Waals surface area contributed by atoms with E-state index in [0.29, 0.717) is 5.56 Å². The zero-order valence-electron chi connectivity index (χ0n) is 15.0. The molecular weight excluding hydrogens is 330 g/mol. The molecule has 0 fully saturated rings. The number of aromatic nitrogens is 1. The van der Waals surface area contributed by atoms with Crippen LogP contribution in [0.3, 0.4) is 0 Å². The van der Waals surface area contributed by atoms with Crippen LogP contribution in [0.2, 0.25) is 0 Å². The first-order valence-corrected chi connectivity index (χ1v) is 8.79. The average molecular weight is 353 g/mol. The molecule has 1 aliphatic heterocycles. The largest absolute Gasteiger partial charge is 0.395 e. The number of nitrogens with one attached hydrogen (secondary N) is 1. The summed E-state index contributed by atoms with van der Waals surface area (Å²) in [6, 6.07) is 9.75. The van der Waals surface area contributed by atoms with Crippen LogP contribution in [-0.4, -0.2) is 41.1 Å². The lowest BCUT2D eigenvalue weighted by atomic mass is 9.94. The Hall–Kier alpha value is -2.73. The van der Waals surface area contributed by atoms with E-state index in [0.717, 1.165) is 35.3 Å². The van der Waals surface area contributed by atoms with Gasteiger partial charge < -0.3 is 15.3 Å². The molecule has 0 aliphatic carbocycles. The van der Waals surface area contributed by atoms with Crippen LogP contribution in [0.1, 0.15) is 36.2 Å². The molecule has 0 saturated carbocycles. The molecule has 0 radical (unpaired) electrons. The number of hydrogen-bond acceptors (Lipinski definition) is 4. The molecule has 26 heavy (non-hydrogen) atoms. The molecule has 1 aliphatic rings. The highest BCUT2D eigenvalue weighted by Gasteiger charge is 2.26. The van der Waals surface area contributed by atoms with Crippen molar-refractivity contribution in [1.82, 2.24) is 10.3 Å². The third-order valence-electron chi connectivity index (χ3n) is 4.67. The molecule has 1 aromatic carbocycles. The standard InChI is InChI=1S/C20H23N3O3/c1-13-3-4-16-11-15(6-8-19(16)23(13)14(2)25)18-7-5-17(12-22-18)20(26)21-9-10-24/h5-8,11-13,24H,3-4,9-10H2,1-2H3,(H,21,26)/t13-/m0/s1. The molecule has 2 aromatic rings. The van der Waals surface area contributed by atoms with Gasteiger partial charge in [-0.25, -0.2) is 0 Å². The van der Waals surface area contributed by atoms with Gasteiger partial charge in [-0.05, 0) is 49.6 Å². The summed E-state index contributed by atoms with van der Waals surface area (Å²) in [4.78, 5) is 30.1. The Morgan fingerprint density at radius 3 is 2.77 bits per heavy atom. The van der Waals surface area contributed by atoms with E-state index in [1.807, 2.05) is 23.1 Å². The summed E-state index contributed by atoms with van der Waals surface area (Å²) < 4.78 is 0. The number of aliphatic hydroxyl groups is 1. The van der Waals surface area contributed by atoms with E-state index < -0.39 is 0 Å². The molecule has 2 N–H and O–H groups in total. The zero-order chi connectivity index (χ0) is 18.7. The number of aliphatic hydroxyl groups excluding tert-OH is 1. The van der Waals surface area contributed by atoms with E-state index in [1.54, 1.807) is 13.0 Å². The van der Waals surface area contributed by atoms with Crippen LogP contribution in [-0.2, 0) is 11.2 Å². The van der Waals surface area contributed by atoms with Gasteiger partial charge in [0.15, 0.2) is 0 Å². The lowest BCUT2D eigenvalue weighted by molar-refractivity contribution is -0.117. The summed E-state index contributed by atoms with van der Waals surface area (Å²) in [5.41, 5.74) is 4.31. The smallest absolute Gasteiger partial charge is 0.252 e. The molecule has 6 nitrogen and oxygen atoms in total. The number of aryl methyl sites for hydroxylation is 1. The molecule has 0 bridgehead atoms. The van der Waals surface area contributed by atoms with Crippen molar-refractivity contribution >= 4 is 17.5 Å². The fourth-order valence-corrected chi connectivity index (χ4v) is 3.36. The second-order valence-electron chi connectivity index (χ2n) is 6.53. The second-order valence-corrected chi connectivity index (χ2v) is 6.53. The van der Waals surface area contributed by atoms with E-state index >= 15 is 0 Å². The number of hydrogen-bond donors (Lipinski definition) is 2. The van der Waals surface area contributed by atoms with Crippen molar-refractivity contribution in [2.45, 2.75) is 32.7 Å². The predicted octanol–water partition coefficient (Wildman–Crippen LogP) is 2.16. The highest BCUT2D eigenvalue weighted by Crippen LogP contribution is 2.33. The first-order chi connectivity index (χ1) is 12.5. The van der Waals surface area contributed by atoms with Crippen LogP contribution in [0, 0.1) is 0 Å². The van der Waals surface area contributed by atoms with E-state index in [1.165, 1.54) is 6.20 Å². The number of pyridine rings is 1. The molecule has 0 unspecified atom stereocenters. The third-order valence-corrected chi connectivity index (χ3v) is 4.67. The molecule has 136 valence electrons. The zero-order valence-corrected chi connectivity index (χ0v) is 15.0. The number of amides is 2. The fraction of sp³-hybridized carbons (Fsp3) is 0.350. The van der Waals surface area contributed by atoms with Gasteiger partial charge in [0, 0.05) is 37.0 Å². The van der Waals surface area contributed by atoms with Gasteiger partial charge in [-0.3, -0.25) is 14.6 Å². The van der Waals surface area contributed by atoms with Crippen LogP contribution >= 0.6 is 0 Å². The van der Waals surface area contributed by atoms with Crippen LogP contribution in [0.25, 0.3) is 11.3 Å². The Balaban J connectivity index is 1.85. The summed E-state index contributed by atoms with van der Waals surface area (Å²) in [5.74, 6) is -0.197. The Labute approximate surface area is 152 Å². The van der Waals surface area contributed by atoms with Crippen LogP contribution in [0.4, 0.5) is 5.69 Å². The van der Waals surface area contributed by atoms with Crippen molar-refractivity contribution in [2.75, 3.05) is 18.1 Å². The van der Waals surface area contributed by atoms with E-state index in [9.17, 15) is 9.59 Å². The Bertz CT molecular complexity index is 818. The minimum absolute atomic E-state index is 0.0579. The minimum atomic E-state index is -0.255. The van der Waals surface area contributed by atoms with Gasteiger partial charge in [0.05, 0.1) is 17.9 Å². The number of carbonyl (C=O) groups excluding carboxylic acids is 2. The van der Waals surface area contributed by atoms with Gasteiger partial charge in [0.2, 0.25) is 5.91 Å². The van der Waals surface area contributed by atoms with Crippen LogP contribution < -0.4 is 10.2 Å². The molecule has 0 spiro atoms. The normalized spacial score (nSPS) is 16.1. The molecule has 1 atom stereocenters. The maximum Gasteiger partial charge on any atom is 0.252 e. The van der Waals surface area contributed by atoms with Crippen molar-refractivity contribution < 1.29 is 14.7 Å². The van der Waals surface area contributed by atoms with Gasteiger partial charge >= 0.3 is 0 Å². The number of anilines is 1. The quantitative estimate of drug-likeness (QED) is 0.882. The molecule has 2 amide bonds. The van der Waals surface area contributed by atoms with Crippen molar-refractivity contribution in [1.29, 1.82) is 0 Å². The van der Waals surface area contributed by atoms with Crippen molar-refractivity contribution in [3.8, 4) is 11.3 Å². The molecular formula is C20H23N3O3. The maximum atomic E-state index is 12.0. The highest BCUT2D eigenvalue weighted by atomic mass is 16.3. The van der Waals surface area contributed by atoms with Gasteiger partial charge in [0.1, 0.15) is 0 Å². The summed E-state index contributed by atoms with van der Waals surface area (Å²) in [7, 11) is 0. The summed E-state index contributed by atoms with van der Waals surface area (Å²) in [6.07, 6.45) is 3.40. The number of nitrogens with zero attached hydrogens (tertiary/aromatic N) is 2. The lowest BCUT2D eigenvalue weighted by Crippen LogP contribution is -2.40. The highest BCUT2D eigenvalue weighted by molar-refractivity contribution is 5.95. The van der Waals surface area contributed by atoms with Crippen molar-refractivity contribution in [3.05, 3.63) is 47.7 Å². The SMILES string of the molecule is CC(=O)N1c2ccc(-c3ccc(C(=O)NCCO)cn3)cc2CC[C@@H]1C. The van der Waals surface area contributed by atoms with Gasteiger partial charge in [-0.15, -0.1) is 0 Å². The van der Waals surface area contributed by atoms with Crippen LogP contribution in [0.5, 0.6) is 0 Å². The van der Waals surface area contributed by atoms with Gasteiger partial charge in [-0.2, -0.15) is 0 Å². The third kappa shape index (κ3) is 3.60. The Morgan fingerprint density at radius 2 is 2.12 bits per heavy atom. The van der Waals surface area contributed by atoms with E-state index in [2.05, 4.69) is 23.3 Å². The first kappa shape index (κ1) is 18.1. The van der Waals surface area contributed by atoms with E-state index in [4.69, 9.17) is 5.11 Å². The van der Waals surface area contributed by atoms with Gasteiger partial charge in [0.25, 0.3) is 5.91 Å². The lowest BCUT2D eigenvalue weighted by Gasteiger charge is -2.34. The van der Waals surface area contributed by atoms with Gasteiger partial charge in [-0.1, -0.05) is 6.07 Å². The second kappa shape index (κ2) is 7.66. The monoisotopic (exact) mass is 353 g/mol. The predicted molar refractivity (Wildman–Crippen MR) is 100 cm³/mol. The minimum Gasteiger partial charge on any atom is -0.395 e. The molecule has 2 heterocycles. The molecule has 3 rings (SSSR count). The Kier molecular flexibility index (Phi) is 5.32. The maximum absolute atomic E-state index is 12.0. The number of benzene rings is 1. The average Bonchev–Trinajstić information content (AvgIpc) is 2.65. The van der Waals surface area contributed by atoms with Crippen LogP contribution in [0.15, 0.2) is 36.5 Å². The molecule has 6 heteroatoms.